The number of hydrogen-bond donors (Lipinski definition) is 3. The SMILES string of the molecule is CCC(N)c1nc(O)c(C(C)C)c(=O)[nH]1. The van der Waals surface area contributed by atoms with Crippen LogP contribution in [-0.2, 0) is 0 Å². The summed E-state index contributed by atoms with van der Waals surface area (Å²) in [7, 11) is 0. The zero-order valence-corrected chi connectivity index (χ0v) is 9.24. The molecule has 15 heavy (non-hydrogen) atoms. The van der Waals surface area contributed by atoms with Gasteiger partial charge in [0.05, 0.1) is 11.6 Å². The van der Waals surface area contributed by atoms with Crippen LogP contribution >= 0.6 is 0 Å². The minimum Gasteiger partial charge on any atom is -0.493 e. The maximum atomic E-state index is 11.6. The van der Waals surface area contributed by atoms with Crippen molar-refractivity contribution in [3.63, 3.8) is 0 Å². The van der Waals surface area contributed by atoms with Crippen LogP contribution in [0.25, 0.3) is 0 Å². The summed E-state index contributed by atoms with van der Waals surface area (Å²) in [6, 6.07) is -0.343. The fourth-order valence-electron chi connectivity index (χ4n) is 1.38. The van der Waals surface area contributed by atoms with Gasteiger partial charge in [0.1, 0.15) is 5.82 Å². The van der Waals surface area contributed by atoms with E-state index in [0.717, 1.165) is 0 Å². The second kappa shape index (κ2) is 4.44. The van der Waals surface area contributed by atoms with Gasteiger partial charge in [0, 0.05) is 0 Å². The minimum atomic E-state index is -0.343. The summed E-state index contributed by atoms with van der Waals surface area (Å²) < 4.78 is 0. The number of rotatable bonds is 3. The van der Waals surface area contributed by atoms with E-state index in [1.54, 1.807) is 0 Å². The van der Waals surface area contributed by atoms with Crippen molar-refractivity contribution in [2.75, 3.05) is 0 Å². The van der Waals surface area contributed by atoms with E-state index in [0.29, 0.717) is 17.8 Å². The molecule has 1 unspecified atom stereocenters. The number of aromatic amines is 1. The van der Waals surface area contributed by atoms with E-state index < -0.39 is 0 Å². The second-order valence-corrected chi connectivity index (χ2v) is 3.86. The molecule has 0 saturated heterocycles. The Hall–Kier alpha value is -1.36. The molecule has 0 spiro atoms. The first-order valence-corrected chi connectivity index (χ1v) is 5.06. The van der Waals surface area contributed by atoms with Crippen molar-refractivity contribution < 1.29 is 5.11 Å². The highest BCUT2D eigenvalue weighted by Gasteiger charge is 2.16. The van der Waals surface area contributed by atoms with Crippen LogP contribution in [0.5, 0.6) is 5.88 Å². The molecule has 0 bridgehead atoms. The molecule has 4 N–H and O–H groups in total. The molecule has 0 amide bonds. The molecule has 1 heterocycles. The number of nitrogens with one attached hydrogen (secondary N) is 1. The van der Waals surface area contributed by atoms with E-state index >= 15 is 0 Å². The molecule has 0 aromatic carbocycles. The monoisotopic (exact) mass is 211 g/mol. The second-order valence-electron chi connectivity index (χ2n) is 3.86. The maximum absolute atomic E-state index is 11.6. The molecule has 5 heteroatoms. The highest BCUT2D eigenvalue weighted by Crippen LogP contribution is 2.20. The summed E-state index contributed by atoms with van der Waals surface area (Å²) in [6.45, 7) is 5.54. The normalized spacial score (nSPS) is 13.1. The molecule has 84 valence electrons. The average Bonchev–Trinajstić information content (AvgIpc) is 2.14. The Balaban J connectivity index is 3.26. The van der Waals surface area contributed by atoms with Gasteiger partial charge in [0.2, 0.25) is 5.88 Å². The molecule has 1 atom stereocenters. The fourth-order valence-corrected chi connectivity index (χ4v) is 1.38. The average molecular weight is 211 g/mol. The molecule has 5 nitrogen and oxygen atoms in total. The topological polar surface area (TPSA) is 92.0 Å². The number of H-pyrrole nitrogens is 1. The summed E-state index contributed by atoms with van der Waals surface area (Å²) in [6.07, 6.45) is 0.656. The smallest absolute Gasteiger partial charge is 0.258 e. The van der Waals surface area contributed by atoms with Crippen LogP contribution < -0.4 is 11.3 Å². The zero-order chi connectivity index (χ0) is 11.6. The predicted octanol–water partition coefficient (Wildman–Crippen LogP) is 1.01. The molecule has 0 fully saturated rings. The van der Waals surface area contributed by atoms with E-state index in [4.69, 9.17) is 5.73 Å². The first kappa shape index (κ1) is 11.7. The fraction of sp³-hybridized carbons (Fsp3) is 0.600. The van der Waals surface area contributed by atoms with Gasteiger partial charge in [-0.05, 0) is 12.3 Å². The van der Waals surface area contributed by atoms with Crippen LogP contribution in [0.15, 0.2) is 4.79 Å². The van der Waals surface area contributed by atoms with Crippen molar-refractivity contribution in [1.82, 2.24) is 9.97 Å². The number of aromatic hydroxyl groups is 1. The van der Waals surface area contributed by atoms with Crippen molar-refractivity contribution in [3.05, 3.63) is 21.7 Å². The molecule has 0 aliphatic rings. The number of nitrogens with two attached hydrogens (primary N) is 1. The molecule has 1 rings (SSSR count). The van der Waals surface area contributed by atoms with Crippen molar-refractivity contribution >= 4 is 0 Å². The summed E-state index contributed by atoms with van der Waals surface area (Å²) >= 11 is 0. The van der Waals surface area contributed by atoms with Crippen LogP contribution in [0.2, 0.25) is 0 Å². The molecular weight excluding hydrogens is 194 g/mol. The van der Waals surface area contributed by atoms with Crippen molar-refractivity contribution in [1.29, 1.82) is 0 Å². The lowest BCUT2D eigenvalue weighted by Crippen LogP contribution is -2.22. The Kier molecular flexibility index (Phi) is 3.47. The molecular formula is C10H17N3O2. The Labute approximate surface area is 88.4 Å². The predicted molar refractivity (Wildman–Crippen MR) is 57.8 cm³/mol. The van der Waals surface area contributed by atoms with Crippen LogP contribution in [0, 0.1) is 0 Å². The molecule has 1 aromatic rings. The van der Waals surface area contributed by atoms with E-state index in [1.165, 1.54) is 0 Å². The summed E-state index contributed by atoms with van der Waals surface area (Å²) in [5.74, 6) is 0.0604. The van der Waals surface area contributed by atoms with Gasteiger partial charge in [-0.3, -0.25) is 4.79 Å². The van der Waals surface area contributed by atoms with Gasteiger partial charge >= 0.3 is 0 Å². The standard InChI is InChI=1S/C10H17N3O2/c1-4-6(11)8-12-9(14)7(5(2)3)10(15)13-8/h5-6H,4,11H2,1-3H3,(H2,12,13,14,15). The van der Waals surface area contributed by atoms with Gasteiger partial charge < -0.3 is 15.8 Å². The van der Waals surface area contributed by atoms with Crippen molar-refractivity contribution in [2.45, 2.75) is 39.2 Å². The largest absolute Gasteiger partial charge is 0.493 e. The Morgan fingerprint density at radius 2 is 2.13 bits per heavy atom. The minimum absolute atomic E-state index is 0.0619. The zero-order valence-electron chi connectivity index (χ0n) is 9.24. The van der Waals surface area contributed by atoms with Crippen molar-refractivity contribution in [3.8, 4) is 5.88 Å². The van der Waals surface area contributed by atoms with E-state index in [9.17, 15) is 9.90 Å². The summed E-state index contributed by atoms with van der Waals surface area (Å²) in [4.78, 5) is 18.1. The van der Waals surface area contributed by atoms with Crippen LogP contribution in [0.3, 0.4) is 0 Å². The highest BCUT2D eigenvalue weighted by molar-refractivity contribution is 5.26. The molecule has 0 aliphatic heterocycles. The van der Waals surface area contributed by atoms with E-state index in [-0.39, 0.29) is 23.4 Å². The van der Waals surface area contributed by atoms with Gasteiger partial charge in [-0.25, -0.2) is 0 Å². The molecule has 0 saturated carbocycles. The number of aromatic nitrogens is 2. The van der Waals surface area contributed by atoms with E-state index in [2.05, 4.69) is 9.97 Å². The Morgan fingerprint density at radius 3 is 2.53 bits per heavy atom. The molecule has 0 radical (unpaired) electrons. The Morgan fingerprint density at radius 1 is 1.53 bits per heavy atom. The van der Waals surface area contributed by atoms with Crippen LogP contribution in [0.1, 0.15) is 50.5 Å². The summed E-state index contributed by atoms with van der Waals surface area (Å²) in [5, 5.41) is 9.60. The number of nitrogens with zero attached hydrogens (tertiary/aromatic N) is 1. The van der Waals surface area contributed by atoms with Gasteiger partial charge in [0.25, 0.3) is 5.56 Å². The third-order valence-electron chi connectivity index (χ3n) is 2.32. The lowest BCUT2D eigenvalue weighted by atomic mass is 10.1. The lowest BCUT2D eigenvalue weighted by Gasteiger charge is -2.11. The van der Waals surface area contributed by atoms with Gasteiger partial charge in [-0.2, -0.15) is 4.98 Å². The maximum Gasteiger partial charge on any atom is 0.258 e. The van der Waals surface area contributed by atoms with Gasteiger partial charge in [0.15, 0.2) is 0 Å². The molecule has 1 aromatic heterocycles. The van der Waals surface area contributed by atoms with Gasteiger partial charge in [-0.1, -0.05) is 20.8 Å². The first-order valence-electron chi connectivity index (χ1n) is 5.06. The Bertz CT molecular complexity index is 398. The third-order valence-corrected chi connectivity index (χ3v) is 2.32. The van der Waals surface area contributed by atoms with Crippen LogP contribution in [-0.4, -0.2) is 15.1 Å². The highest BCUT2D eigenvalue weighted by atomic mass is 16.3. The first-order chi connectivity index (χ1) is 6.97. The van der Waals surface area contributed by atoms with Crippen LogP contribution in [0.4, 0.5) is 0 Å². The third kappa shape index (κ3) is 2.36. The quantitative estimate of drug-likeness (QED) is 0.695. The lowest BCUT2D eigenvalue weighted by molar-refractivity contribution is 0.431. The van der Waals surface area contributed by atoms with Crippen molar-refractivity contribution in [2.24, 2.45) is 5.73 Å². The van der Waals surface area contributed by atoms with E-state index in [1.807, 2.05) is 20.8 Å². The van der Waals surface area contributed by atoms with Gasteiger partial charge in [-0.15, -0.1) is 0 Å². The molecule has 0 aliphatic carbocycles. The number of hydrogen-bond acceptors (Lipinski definition) is 4. The summed E-state index contributed by atoms with van der Waals surface area (Å²) in [5.41, 5.74) is 5.71.